The molecule has 1 heterocycles. The van der Waals surface area contributed by atoms with Crippen LogP contribution in [0.1, 0.15) is 5.82 Å². The van der Waals surface area contributed by atoms with E-state index < -0.39 is 0 Å². The van der Waals surface area contributed by atoms with Crippen LogP contribution >= 0.6 is 11.6 Å². The zero-order valence-corrected chi connectivity index (χ0v) is 8.01. The third-order valence-corrected chi connectivity index (χ3v) is 1.91. The van der Waals surface area contributed by atoms with Crippen molar-refractivity contribution in [2.45, 2.75) is 6.42 Å². The summed E-state index contributed by atoms with van der Waals surface area (Å²) in [5, 5.41) is 3.22. The van der Waals surface area contributed by atoms with E-state index in [-0.39, 0.29) is 0 Å². The van der Waals surface area contributed by atoms with E-state index in [1.807, 2.05) is 24.0 Å². The van der Waals surface area contributed by atoms with Crippen molar-refractivity contribution in [3.63, 3.8) is 0 Å². The van der Waals surface area contributed by atoms with Crippen molar-refractivity contribution in [2.24, 2.45) is 7.05 Å². The molecule has 0 amide bonds. The summed E-state index contributed by atoms with van der Waals surface area (Å²) >= 11 is 5.51. The fourth-order valence-electron chi connectivity index (χ4n) is 1.03. The molecule has 0 radical (unpaired) electrons. The van der Waals surface area contributed by atoms with Crippen LogP contribution in [0.2, 0.25) is 0 Å². The summed E-state index contributed by atoms with van der Waals surface area (Å²) in [6.07, 6.45) is 4.73. The highest BCUT2D eigenvalue weighted by molar-refractivity contribution is 6.18. The van der Waals surface area contributed by atoms with Crippen molar-refractivity contribution in [2.75, 3.05) is 19.0 Å². The van der Waals surface area contributed by atoms with Crippen molar-refractivity contribution in [1.29, 1.82) is 0 Å². The van der Waals surface area contributed by atoms with E-state index in [4.69, 9.17) is 11.6 Å². The predicted octanol–water partition coefficient (Wildman–Crippen LogP) is 0.791. The Morgan fingerprint density at radius 3 is 3.00 bits per heavy atom. The molecule has 0 bridgehead atoms. The van der Waals surface area contributed by atoms with Crippen molar-refractivity contribution >= 4 is 11.6 Å². The molecular formula is C8H14ClN3. The van der Waals surface area contributed by atoms with Gasteiger partial charge in [-0.1, -0.05) is 0 Å². The van der Waals surface area contributed by atoms with Gasteiger partial charge in [0.05, 0.1) is 0 Å². The van der Waals surface area contributed by atoms with Gasteiger partial charge < -0.3 is 9.88 Å². The van der Waals surface area contributed by atoms with Crippen LogP contribution in [-0.4, -0.2) is 28.5 Å². The second-order valence-electron chi connectivity index (χ2n) is 2.64. The van der Waals surface area contributed by atoms with E-state index in [1.54, 1.807) is 0 Å². The van der Waals surface area contributed by atoms with Gasteiger partial charge in [-0.3, -0.25) is 0 Å². The Morgan fingerprint density at radius 2 is 2.42 bits per heavy atom. The minimum atomic E-state index is 0.667. The predicted molar refractivity (Wildman–Crippen MR) is 50.5 cm³/mol. The third-order valence-electron chi connectivity index (χ3n) is 1.72. The van der Waals surface area contributed by atoms with Crippen molar-refractivity contribution in [1.82, 2.24) is 14.9 Å². The van der Waals surface area contributed by atoms with Crippen LogP contribution in [0.25, 0.3) is 0 Å². The maximum Gasteiger partial charge on any atom is 0.109 e. The molecule has 1 rings (SSSR count). The summed E-state index contributed by atoms with van der Waals surface area (Å²) in [5.74, 6) is 1.78. The Morgan fingerprint density at radius 1 is 1.58 bits per heavy atom. The van der Waals surface area contributed by atoms with Gasteiger partial charge >= 0.3 is 0 Å². The maximum atomic E-state index is 5.51. The zero-order chi connectivity index (χ0) is 8.81. The zero-order valence-electron chi connectivity index (χ0n) is 7.26. The van der Waals surface area contributed by atoms with E-state index in [0.29, 0.717) is 5.88 Å². The van der Waals surface area contributed by atoms with E-state index in [2.05, 4.69) is 10.3 Å². The first-order valence-electron chi connectivity index (χ1n) is 4.07. The minimum Gasteiger partial charge on any atom is -0.338 e. The van der Waals surface area contributed by atoms with E-state index in [9.17, 15) is 0 Å². The molecule has 0 aliphatic rings. The largest absolute Gasteiger partial charge is 0.338 e. The number of nitrogens with one attached hydrogen (secondary N) is 1. The molecular weight excluding hydrogens is 174 g/mol. The van der Waals surface area contributed by atoms with Gasteiger partial charge in [0, 0.05) is 44.8 Å². The number of imidazole rings is 1. The lowest BCUT2D eigenvalue weighted by molar-refractivity contribution is 0.678. The second-order valence-corrected chi connectivity index (χ2v) is 3.02. The molecule has 0 saturated carbocycles. The lowest BCUT2D eigenvalue weighted by atomic mass is 10.4. The molecule has 0 aliphatic heterocycles. The number of nitrogens with zero attached hydrogens (tertiary/aromatic N) is 2. The Bertz CT molecular complexity index is 222. The fourth-order valence-corrected chi connectivity index (χ4v) is 1.16. The van der Waals surface area contributed by atoms with Gasteiger partial charge in [0.15, 0.2) is 0 Å². The molecule has 4 heteroatoms. The number of aryl methyl sites for hydroxylation is 1. The van der Waals surface area contributed by atoms with Crippen molar-refractivity contribution in [3.8, 4) is 0 Å². The monoisotopic (exact) mass is 187 g/mol. The summed E-state index contributed by atoms with van der Waals surface area (Å²) in [7, 11) is 2.00. The number of alkyl halides is 1. The molecule has 0 atom stereocenters. The molecule has 1 N–H and O–H groups in total. The summed E-state index contributed by atoms with van der Waals surface area (Å²) < 4.78 is 2.03. The summed E-state index contributed by atoms with van der Waals surface area (Å²) in [4.78, 5) is 4.20. The number of hydrogen-bond donors (Lipinski definition) is 1. The first kappa shape index (κ1) is 9.55. The molecule has 0 unspecified atom stereocenters. The minimum absolute atomic E-state index is 0.667. The van der Waals surface area contributed by atoms with Gasteiger partial charge in [-0.05, 0) is 0 Å². The first-order valence-corrected chi connectivity index (χ1v) is 4.61. The lowest BCUT2D eigenvalue weighted by Crippen LogP contribution is -2.20. The highest BCUT2D eigenvalue weighted by atomic mass is 35.5. The lowest BCUT2D eigenvalue weighted by Gasteiger charge is -2.02. The summed E-state index contributed by atoms with van der Waals surface area (Å²) in [6, 6.07) is 0. The van der Waals surface area contributed by atoms with Crippen molar-refractivity contribution < 1.29 is 0 Å². The van der Waals surface area contributed by atoms with Gasteiger partial charge in [-0.25, -0.2) is 4.98 Å². The number of halogens is 1. The normalized spacial score (nSPS) is 10.5. The topological polar surface area (TPSA) is 29.9 Å². The van der Waals surface area contributed by atoms with Crippen LogP contribution in [0.3, 0.4) is 0 Å². The van der Waals surface area contributed by atoms with Crippen LogP contribution in [0, 0.1) is 0 Å². The van der Waals surface area contributed by atoms with E-state index in [0.717, 1.165) is 25.3 Å². The summed E-state index contributed by atoms with van der Waals surface area (Å²) in [5.41, 5.74) is 0. The molecule has 0 fully saturated rings. The number of aromatic nitrogens is 2. The average Bonchev–Trinajstić information content (AvgIpc) is 2.46. The molecule has 0 saturated heterocycles. The average molecular weight is 188 g/mol. The second kappa shape index (κ2) is 5.17. The third kappa shape index (κ3) is 2.83. The molecule has 1 aromatic heterocycles. The molecule has 1 aromatic rings. The molecule has 3 nitrogen and oxygen atoms in total. The van der Waals surface area contributed by atoms with Crippen LogP contribution in [-0.2, 0) is 13.5 Å². The number of rotatable bonds is 5. The van der Waals surface area contributed by atoms with Crippen molar-refractivity contribution in [3.05, 3.63) is 18.2 Å². The highest BCUT2D eigenvalue weighted by Gasteiger charge is 1.96. The van der Waals surface area contributed by atoms with Crippen LogP contribution in [0.15, 0.2) is 12.4 Å². The van der Waals surface area contributed by atoms with Crippen LogP contribution in [0.4, 0.5) is 0 Å². The Kier molecular flexibility index (Phi) is 4.11. The van der Waals surface area contributed by atoms with Gasteiger partial charge in [0.25, 0.3) is 0 Å². The van der Waals surface area contributed by atoms with Gasteiger partial charge in [-0.2, -0.15) is 0 Å². The Balaban J connectivity index is 2.20. The quantitative estimate of drug-likeness (QED) is 0.546. The Hall–Kier alpha value is -0.540. The molecule has 0 aromatic carbocycles. The SMILES string of the molecule is Cn1ccnc1CCNCCCl. The van der Waals surface area contributed by atoms with E-state index in [1.165, 1.54) is 0 Å². The van der Waals surface area contributed by atoms with Crippen LogP contribution in [0.5, 0.6) is 0 Å². The highest BCUT2D eigenvalue weighted by Crippen LogP contribution is 1.93. The Labute approximate surface area is 77.7 Å². The number of hydrogen-bond acceptors (Lipinski definition) is 2. The van der Waals surface area contributed by atoms with Gasteiger partial charge in [0.1, 0.15) is 5.82 Å². The summed E-state index contributed by atoms with van der Waals surface area (Å²) in [6.45, 7) is 1.81. The molecule has 0 aliphatic carbocycles. The standard InChI is InChI=1S/C8H14ClN3/c1-12-7-6-11-8(12)2-4-10-5-3-9/h6-7,10H,2-5H2,1H3. The van der Waals surface area contributed by atoms with Gasteiger partial charge in [-0.15, -0.1) is 11.6 Å². The smallest absolute Gasteiger partial charge is 0.109 e. The van der Waals surface area contributed by atoms with Gasteiger partial charge in [0.2, 0.25) is 0 Å². The van der Waals surface area contributed by atoms with Crippen LogP contribution < -0.4 is 5.32 Å². The fraction of sp³-hybridized carbons (Fsp3) is 0.625. The first-order chi connectivity index (χ1) is 5.84. The molecule has 12 heavy (non-hydrogen) atoms. The molecule has 68 valence electrons. The molecule has 0 spiro atoms. The van der Waals surface area contributed by atoms with E-state index >= 15 is 0 Å². The maximum absolute atomic E-state index is 5.51.